The molecule has 0 amide bonds. The van der Waals surface area contributed by atoms with Crippen LogP contribution in [0.5, 0.6) is 0 Å². The molecule has 0 aliphatic heterocycles. The van der Waals surface area contributed by atoms with Crippen molar-refractivity contribution in [3.8, 4) is 0 Å². The Morgan fingerprint density at radius 1 is 1.75 bits per heavy atom. The molecule has 4 heteroatoms. The molecule has 0 rings (SSSR count). The van der Waals surface area contributed by atoms with E-state index in [1.54, 1.807) is 0 Å². The maximum Gasteiger partial charge on any atom is 0.256 e. The summed E-state index contributed by atoms with van der Waals surface area (Å²) in [7, 11) is 0. The molecule has 0 aliphatic carbocycles. The Hall–Kier alpha value is -0.640. The quantitative estimate of drug-likeness (QED) is 0.248. The molecule has 0 unspecified atom stereocenters. The first-order valence-electron chi connectivity index (χ1n) is 2.60. The fraction of sp³-hybridized carbons (Fsp3) is 1.00. The zero-order valence-electron chi connectivity index (χ0n) is 4.89. The highest BCUT2D eigenvalue weighted by Gasteiger charge is 1.89. The Kier molecular flexibility index (Phi) is 4.16. The smallest absolute Gasteiger partial charge is 0.256 e. The van der Waals surface area contributed by atoms with E-state index in [0.29, 0.717) is 0 Å². The predicted octanol–water partition coefficient (Wildman–Crippen LogP) is 0.220. The van der Waals surface area contributed by atoms with E-state index < -0.39 is 0 Å². The second-order valence-electron chi connectivity index (χ2n) is 1.49. The van der Waals surface area contributed by atoms with Crippen molar-refractivity contribution in [1.29, 1.82) is 0 Å². The predicted molar refractivity (Wildman–Crippen MR) is 30.2 cm³/mol. The summed E-state index contributed by atoms with van der Waals surface area (Å²) >= 11 is 0. The van der Waals surface area contributed by atoms with Crippen LogP contribution in [-0.4, -0.2) is 18.1 Å². The number of nitrogens with zero attached hydrogens (tertiary/aromatic N) is 1. The molecule has 0 saturated carbocycles. The molecule has 0 aromatic heterocycles. The zero-order chi connectivity index (χ0) is 6.41. The van der Waals surface area contributed by atoms with Gasteiger partial charge < -0.3 is 0 Å². The third-order valence-electron chi connectivity index (χ3n) is 0.668. The molecule has 0 fully saturated rings. The first-order valence-corrected chi connectivity index (χ1v) is 2.60. The van der Waals surface area contributed by atoms with E-state index in [2.05, 4.69) is 5.32 Å². The van der Waals surface area contributed by atoms with Crippen molar-refractivity contribution in [2.24, 2.45) is 0 Å². The van der Waals surface area contributed by atoms with Gasteiger partial charge in [-0.3, -0.25) is 15.4 Å². The van der Waals surface area contributed by atoms with Crippen LogP contribution in [-0.2, 0) is 0 Å². The van der Waals surface area contributed by atoms with Crippen molar-refractivity contribution in [3.05, 3.63) is 10.1 Å². The first kappa shape index (κ1) is 7.36. The Morgan fingerprint density at radius 2 is 2.38 bits per heavy atom. The molecule has 0 saturated heterocycles. The van der Waals surface area contributed by atoms with Crippen molar-refractivity contribution in [1.82, 2.24) is 5.32 Å². The number of rotatable bonds is 4. The number of nitrogens with one attached hydrogen (secondary N) is 1. The molecule has 0 aromatic rings. The largest absolute Gasteiger partial charge is 0.263 e. The summed E-state index contributed by atoms with van der Waals surface area (Å²) in [5, 5.41) is 12.3. The van der Waals surface area contributed by atoms with Crippen molar-refractivity contribution < 1.29 is 4.92 Å². The van der Waals surface area contributed by atoms with Crippen molar-refractivity contribution in [3.63, 3.8) is 0 Å². The molecule has 4 nitrogen and oxygen atoms in total. The highest BCUT2D eigenvalue weighted by molar-refractivity contribution is 4.32. The van der Waals surface area contributed by atoms with Gasteiger partial charge in [0.25, 0.3) is 6.67 Å². The molecule has 0 aromatic carbocycles. The van der Waals surface area contributed by atoms with Gasteiger partial charge in [-0.15, -0.1) is 0 Å². The summed E-state index contributed by atoms with van der Waals surface area (Å²) in [6.07, 6.45) is 0.938. The van der Waals surface area contributed by atoms with E-state index >= 15 is 0 Å². The lowest BCUT2D eigenvalue weighted by Crippen LogP contribution is -2.22. The first-order chi connectivity index (χ1) is 3.77. The summed E-state index contributed by atoms with van der Waals surface area (Å²) in [4.78, 5) is 9.24. The van der Waals surface area contributed by atoms with Crippen molar-refractivity contribution >= 4 is 0 Å². The minimum Gasteiger partial charge on any atom is -0.263 e. The van der Waals surface area contributed by atoms with Gasteiger partial charge in [0.05, 0.1) is 0 Å². The van der Waals surface area contributed by atoms with Crippen LogP contribution >= 0.6 is 0 Å². The van der Waals surface area contributed by atoms with E-state index in [1.165, 1.54) is 0 Å². The standard InChI is InChI=1S/C4H10N2O2/c1-2-3-5-4-6(7)8/h5H,2-4H2,1H3. The van der Waals surface area contributed by atoms with E-state index in [-0.39, 0.29) is 11.6 Å². The summed E-state index contributed by atoms with van der Waals surface area (Å²) in [5.74, 6) is 0. The third-order valence-corrected chi connectivity index (χ3v) is 0.668. The lowest BCUT2D eigenvalue weighted by molar-refractivity contribution is -0.485. The van der Waals surface area contributed by atoms with Gasteiger partial charge in [-0.2, -0.15) is 0 Å². The van der Waals surface area contributed by atoms with Gasteiger partial charge >= 0.3 is 0 Å². The van der Waals surface area contributed by atoms with Crippen LogP contribution in [0.4, 0.5) is 0 Å². The van der Waals surface area contributed by atoms with E-state index in [4.69, 9.17) is 0 Å². The summed E-state index contributed by atoms with van der Waals surface area (Å²) < 4.78 is 0. The van der Waals surface area contributed by atoms with Gasteiger partial charge in [-0.1, -0.05) is 6.92 Å². The van der Waals surface area contributed by atoms with Gasteiger partial charge in [0.15, 0.2) is 0 Å². The van der Waals surface area contributed by atoms with Crippen LogP contribution in [0.2, 0.25) is 0 Å². The molecule has 1 N–H and O–H groups in total. The maximum atomic E-state index is 9.62. The molecule has 0 spiro atoms. The topological polar surface area (TPSA) is 55.2 Å². The lowest BCUT2D eigenvalue weighted by Gasteiger charge is -1.92. The Bertz CT molecular complexity index is 74.4. The molecule has 0 atom stereocenters. The second kappa shape index (κ2) is 4.52. The highest BCUT2D eigenvalue weighted by atomic mass is 16.6. The number of hydrogen-bond acceptors (Lipinski definition) is 3. The van der Waals surface area contributed by atoms with Crippen LogP contribution in [0.1, 0.15) is 13.3 Å². The second-order valence-corrected chi connectivity index (χ2v) is 1.49. The van der Waals surface area contributed by atoms with E-state index in [9.17, 15) is 10.1 Å². The molecule has 8 heavy (non-hydrogen) atoms. The molecule has 0 aliphatic rings. The van der Waals surface area contributed by atoms with Crippen LogP contribution in [0.3, 0.4) is 0 Å². The summed E-state index contributed by atoms with van der Waals surface area (Å²) in [6, 6.07) is 0. The lowest BCUT2D eigenvalue weighted by atomic mass is 10.5. The van der Waals surface area contributed by atoms with Gasteiger partial charge in [0.2, 0.25) is 0 Å². The minimum absolute atomic E-state index is 0.117. The number of hydrogen-bond donors (Lipinski definition) is 1. The molecule has 48 valence electrons. The van der Waals surface area contributed by atoms with Crippen LogP contribution in [0.25, 0.3) is 0 Å². The molecule has 0 radical (unpaired) electrons. The molecule has 0 bridgehead atoms. The Labute approximate surface area is 48.0 Å². The minimum atomic E-state index is -0.379. The molecule has 0 heterocycles. The van der Waals surface area contributed by atoms with Crippen LogP contribution < -0.4 is 5.32 Å². The third kappa shape index (κ3) is 5.36. The maximum absolute atomic E-state index is 9.62. The summed E-state index contributed by atoms with van der Waals surface area (Å²) in [5.41, 5.74) is 0. The van der Waals surface area contributed by atoms with Gasteiger partial charge in [-0.25, -0.2) is 0 Å². The Morgan fingerprint density at radius 3 is 2.75 bits per heavy atom. The van der Waals surface area contributed by atoms with E-state index in [1.807, 2.05) is 6.92 Å². The van der Waals surface area contributed by atoms with Crippen molar-refractivity contribution in [2.45, 2.75) is 13.3 Å². The summed E-state index contributed by atoms with van der Waals surface area (Å²) in [6.45, 7) is 2.57. The van der Waals surface area contributed by atoms with Crippen molar-refractivity contribution in [2.75, 3.05) is 13.2 Å². The molecular formula is C4H10N2O2. The monoisotopic (exact) mass is 118 g/mol. The van der Waals surface area contributed by atoms with E-state index in [0.717, 1.165) is 13.0 Å². The highest BCUT2D eigenvalue weighted by Crippen LogP contribution is 1.68. The van der Waals surface area contributed by atoms with Crippen LogP contribution in [0.15, 0.2) is 0 Å². The zero-order valence-corrected chi connectivity index (χ0v) is 4.89. The fourth-order valence-corrected chi connectivity index (χ4v) is 0.347. The van der Waals surface area contributed by atoms with Gasteiger partial charge in [0, 0.05) is 11.5 Å². The average Bonchev–Trinajstić information content (AvgIpc) is 1.66. The fourth-order valence-electron chi connectivity index (χ4n) is 0.347. The van der Waals surface area contributed by atoms with Gasteiger partial charge in [-0.05, 0) is 6.42 Å². The molecular weight excluding hydrogens is 108 g/mol. The normalized spacial score (nSPS) is 9.12. The number of nitro groups is 1. The SMILES string of the molecule is CCCNC[N+](=O)[O-]. The van der Waals surface area contributed by atoms with Crippen LogP contribution in [0, 0.1) is 10.1 Å². The van der Waals surface area contributed by atoms with Gasteiger partial charge in [0.1, 0.15) is 0 Å². The Balaban J connectivity index is 2.82. The average molecular weight is 118 g/mol.